The van der Waals surface area contributed by atoms with Gasteiger partial charge in [-0.2, -0.15) is 0 Å². The third kappa shape index (κ3) is 4.23. The van der Waals surface area contributed by atoms with Crippen LogP contribution in [0.2, 0.25) is 0 Å². The van der Waals surface area contributed by atoms with E-state index < -0.39 is 11.6 Å². The maximum Gasteiger partial charge on any atom is 0.278 e. The summed E-state index contributed by atoms with van der Waals surface area (Å²) >= 11 is 0. The van der Waals surface area contributed by atoms with Gasteiger partial charge in [0.25, 0.3) is 5.56 Å². The Morgan fingerprint density at radius 2 is 1.58 bits per heavy atom. The van der Waals surface area contributed by atoms with Crippen LogP contribution in [0, 0.1) is 0 Å². The van der Waals surface area contributed by atoms with Gasteiger partial charge in [-0.05, 0) is 50.6 Å². The van der Waals surface area contributed by atoms with Crippen molar-refractivity contribution in [3.8, 4) is 11.3 Å². The van der Waals surface area contributed by atoms with Gasteiger partial charge >= 0.3 is 0 Å². The highest BCUT2D eigenvalue weighted by molar-refractivity contribution is 5.87. The van der Waals surface area contributed by atoms with E-state index in [2.05, 4.69) is 15.3 Å². The predicted octanol–water partition coefficient (Wildman–Crippen LogP) is 3.96. The summed E-state index contributed by atoms with van der Waals surface area (Å²) in [6.45, 7) is 5.74. The van der Waals surface area contributed by atoms with Crippen molar-refractivity contribution in [2.75, 3.05) is 0 Å². The molecule has 0 aliphatic rings. The van der Waals surface area contributed by atoms with Crippen molar-refractivity contribution in [2.45, 2.75) is 32.4 Å². The minimum absolute atomic E-state index is 0.267. The first-order valence-electron chi connectivity index (χ1n) is 10.1. The van der Waals surface area contributed by atoms with Crippen LogP contribution in [0.5, 0.6) is 0 Å². The molecule has 4 rings (SSSR count). The predicted molar refractivity (Wildman–Crippen MR) is 122 cm³/mol. The molecule has 0 aliphatic heterocycles. The molecular formula is C25H24N4O2. The lowest BCUT2D eigenvalue weighted by Gasteiger charge is -2.27. The molecule has 156 valence electrons. The zero-order chi connectivity index (χ0) is 22.0. The van der Waals surface area contributed by atoms with Crippen LogP contribution in [-0.2, 0) is 4.79 Å². The van der Waals surface area contributed by atoms with E-state index in [0.29, 0.717) is 27.9 Å². The molecule has 0 saturated carbocycles. The number of rotatable bonds is 4. The second-order valence-corrected chi connectivity index (χ2v) is 8.41. The van der Waals surface area contributed by atoms with Crippen LogP contribution < -0.4 is 10.9 Å². The molecule has 1 N–H and O–H groups in total. The van der Waals surface area contributed by atoms with Gasteiger partial charge < -0.3 is 5.32 Å². The van der Waals surface area contributed by atoms with Gasteiger partial charge in [0.15, 0.2) is 0 Å². The van der Waals surface area contributed by atoms with Gasteiger partial charge in [0.1, 0.15) is 11.7 Å². The summed E-state index contributed by atoms with van der Waals surface area (Å²) < 4.78 is 1.54. The number of amides is 1. The van der Waals surface area contributed by atoms with Crippen molar-refractivity contribution >= 4 is 16.9 Å². The summed E-state index contributed by atoms with van der Waals surface area (Å²) in [5.74, 6) is -0.267. The summed E-state index contributed by atoms with van der Waals surface area (Å²) in [7, 11) is 0. The van der Waals surface area contributed by atoms with Crippen LogP contribution in [0.1, 0.15) is 32.4 Å². The van der Waals surface area contributed by atoms with Crippen LogP contribution in [0.15, 0.2) is 83.9 Å². The smallest absolute Gasteiger partial charge is 0.278 e. The molecule has 2 aromatic heterocycles. The normalized spacial score (nSPS) is 12.5. The summed E-state index contributed by atoms with van der Waals surface area (Å²) in [5, 5.41) is 3.03. The number of hydrogen-bond acceptors (Lipinski definition) is 4. The van der Waals surface area contributed by atoms with Crippen molar-refractivity contribution < 1.29 is 4.79 Å². The molecule has 6 nitrogen and oxygen atoms in total. The Labute approximate surface area is 180 Å². The number of hydrogen-bond donors (Lipinski definition) is 1. The molecule has 1 atom stereocenters. The molecule has 0 fully saturated rings. The summed E-state index contributed by atoms with van der Waals surface area (Å²) in [4.78, 5) is 36.0. The molecule has 0 bridgehead atoms. The fraction of sp³-hybridized carbons (Fsp3) is 0.200. The number of fused-ring (bicyclic) bond motifs is 1. The van der Waals surface area contributed by atoms with E-state index in [4.69, 9.17) is 0 Å². The van der Waals surface area contributed by atoms with E-state index in [9.17, 15) is 9.59 Å². The second-order valence-electron chi connectivity index (χ2n) is 8.41. The van der Waals surface area contributed by atoms with Gasteiger partial charge in [-0.15, -0.1) is 0 Å². The van der Waals surface area contributed by atoms with Crippen LogP contribution >= 0.6 is 0 Å². The van der Waals surface area contributed by atoms with Crippen LogP contribution in [0.4, 0.5) is 0 Å². The standard InChI is InChI=1S/C25H24N4O2/c1-25(2,3)28-23(30)22(18-13-15-26-16-14-18)29-20-12-8-7-11-19(20)27-21(24(29)31)17-9-5-4-6-10-17/h4-16,22H,1-3H3,(H,28,30). The van der Waals surface area contributed by atoms with Gasteiger partial charge in [-0.1, -0.05) is 42.5 Å². The first-order chi connectivity index (χ1) is 14.8. The van der Waals surface area contributed by atoms with E-state index in [1.165, 1.54) is 0 Å². The Morgan fingerprint density at radius 3 is 2.26 bits per heavy atom. The fourth-order valence-electron chi connectivity index (χ4n) is 3.60. The quantitative estimate of drug-likeness (QED) is 0.550. The molecule has 2 heterocycles. The molecule has 31 heavy (non-hydrogen) atoms. The van der Waals surface area contributed by atoms with E-state index in [1.807, 2.05) is 75.4 Å². The molecule has 0 saturated heterocycles. The zero-order valence-electron chi connectivity index (χ0n) is 17.7. The van der Waals surface area contributed by atoms with E-state index in [-0.39, 0.29) is 11.5 Å². The van der Waals surface area contributed by atoms with Crippen molar-refractivity contribution in [2.24, 2.45) is 0 Å². The maximum absolute atomic E-state index is 13.8. The third-order valence-corrected chi connectivity index (χ3v) is 4.87. The summed E-state index contributed by atoms with van der Waals surface area (Å²) in [6, 6.07) is 19.3. The number of nitrogens with one attached hydrogen (secondary N) is 1. The van der Waals surface area contributed by atoms with Gasteiger partial charge in [0.2, 0.25) is 5.91 Å². The number of benzene rings is 2. The summed E-state index contributed by atoms with van der Waals surface area (Å²) in [6.07, 6.45) is 3.25. The van der Waals surface area contributed by atoms with Crippen molar-refractivity contribution in [3.05, 3.63) is 95.0 Å². The molecule has 1 unspecified atom stereocenters. The van der Waals surface area contributed by atoms with Crippen LogP contribution in [-0.4, -0.2) is 26.0 Å². The van der Waals surface area contributed by atoms with Gasteiger partial charge in [-0.3, -0.25) is 19.1 Å². The molecule has 2 aromatic carbocycles. The van der Waals surface area contributed by atoms with E-state index in [0.717, 1.165) is 0 Å². The molecule has 6 heteroatoms. The summed E-state index contributed by atoms with van der Waals surface area (Å²) in [5.41, 5.74) is 2.14. The second kappa shape index (κ2) is 8.14. The number of para-hydroxylation sites is 2. The SMILES string of the molecule is CC(C)(C)NC(=O)C(c1ccncc1)n1c(=O)c(-c2ccccc2)nc2ccccc21. The third-order valence-electron chi connectivity index (χ3n) is 4.87. The average Bonchev–Trinajstić information content (AvgIpc) is 2.75. The number of nitrogens with zero attached hydrogens (tertiary/aromatic N) is 3. The van der Waals surface area contributed by atoms with Gasteiger partial charge in [0.05, 0.1) is 11.0 Å². The Kier molecular flexibility index (Phi) is 5.38. The molecule has 0 radical (unpaired) electrons. The van der Waals surface area contributed by atoms with Crippen LogP contribution in [0.3, 0.4) is 0 Å². The van der Waals surface area contributed by atoms with Crippen molar-refractivity contribution in [3.63, 3.8) is 0 Å². The fourth-order valence-corrected chi connectivity index (χ4v) is 3.60. The van der Waals surface area contributed by atoms with Gasteiger partial charge in [0, 0.05) is 23.5 Å². The highest BCUT2D eigenvalue weighted by Gasteiger charge is 2.29. The molecular weight excluding hydrogens is 388 g/mol. The minimum atomic E-state index is -0.870. The molecule has 0 spiro atoms. The lowest BCUT2D eigenvalue weighted by molar-refractivity contribution is -0.124. The highest BCUT2D eigenvalue weighted by Crippen LogP contribution is 2.25. The zero-order valence-corrected chi connectivity index (χ0v) is 17.7. The first-order valence-corrected chi connectivity index (χ1v) is 10.1. The lowest BCUT2D eigenvalue weighted by Crippen LogP contribution is -2.46. The number of carbonyl (C=O) groups excluding carboxylic acids is 1. The van der Waals surface area contributed by atoms with Crippen molar-refractivity contribution in [1.29, 1.82) is 0 Å². The molecule has 0 aliphatic carbocycles. The monoisotopic (exact) mass is 412 g/mol. The number of carbonyl (C=O) groups is 1. The Hall–Kier alpha value is -3.80. The van der Waals surface area contributed by atoms with Gasteiger partial charge in [-0.25, -0.2) is 4.98 Å². The Morgan fingerprint density at radius 1 is 0.935 bits per heavy atom. The molecule has 4 aromatic rings. The number of pyridine rings is 1. The minimum Gasteiger partial charge on any atom is -0.349 e. The lowest BCUT2D eigenvalue weighted by atomic mass is 10.0. The molecule has 1 amide bonds. The highest BCUT2D eigenvalue weighted by atomic mass is 16.2. The maximum atomic E-state index is 13.8. The largest absolute Gasteiger partial charge is 0.349 e. The van der Waals surface area contributed by atoms with Crippen LogP contribution in [0.25, 0.3) is 22.3 Å². The Balaban J connectivity index is 2.04. The van der Waals surface area contributed by atoms with Crippen molar-refractivity contribution in [1.82, 2.24) is 19.9 Å². The van der Waals surface area contributed by atoms with E-state index >= 15 is 0 Å². The number of aromatic nitrogens is 3. The van der Waals surface area contributed by atoms with E-state index in [1.54, 1.807) is 29.1 Å². The Bertz CT molecular complexity index is 1280. The first kappa shape index (κ1) is 20.5. The average molecular weight is 412 g/mol. The topological polar surface area (TPSA) is 76.9 Å².